The Morgan fingerprint density at radius 3 is 0.667 bits per heavy atom. The molecule has 0 spiro atoms. The molecule has 216 valence electrons. The van der Waals surface area contributed by atoms with Crippen molar-refractivity contribution < 1.29 is 35.4 Å². The van der Waals surface area contributed by atoms with Crippen LogP contribution in [0.4, 0.5) is 0 Å². The van der Waals surface area contributed by atoms with E-state index in [1.165, 1.54) is 0 Å². The molecule has 0 aromatic rings. The molecule has 0 atom stereocenters. The topological polar surface area (TPSA) is 73.8 Å². The first-order valence-corrected chi connectivity index (χ1v) is 22.9. The molecular weight excluding hydrogens is 529 g/mol. The van der Waals surface area contributed by atoms with E-state index >= 15 is 0 Å². The lowest BCUT2D eigenvalue weighted by Crippen LogP contribution is -2.74. The minimum atomic E-state index is -2.91. The molecule has 0 saturated carbocycles. The Balaban J connectivity index is 3.69. The Morgan fingerprint density at radius 1 is 0.389 bits per heavy atom. The molecule has 1 rings (SSSR count). The third-order valence-electron chi connectivity index (χ3n) is 6.19. The van der Waals surface area contributed by atoms with Gasteiger partial charge in [-0.2, -0.15) is 0 Å². The van der Waals surface area contributed by atoms with Gasteiger partial charge in [-0.25, -0.2) is 0 Å². The van der Waals surface area contributed by atoms with Gasteiger partial charge in [-0.05, 0) is 79.6 Å². The standard InChI is InChI=1S/C24H56O8Si4/c1-13-33(17-25-21(5)6)29-34(14-2,18-26-22(7)8)31-36(16-4,20-28-24(11)12)32-35(15-3,30-33)19-27-23(9)10/h21-24H,13-20H2,1-12H3. The summed E-state index contributed by atoms with van der Waals surface area (Å²) < 4.78 is 53.8. The van der Waals surface area contributed by atoms with Crippen LogP contribution >= 0.6 is 0 Å². The molecule has 0 aromatic carbocycles. The summed E-state index contributed by atoms with van der Waals surface area (Å²) in [4.78, 5) is 0. The van der Waals surface area contributed by atoms with Crippen LogP contribution in [0, 0.1) is 0 Å². The maximum Gasteiger partial charge on any atom is 0.347 e. The number of ether oxygens (including phenoxy) is 4. The zero-order valence-corrected chi connectivity index (χ0v) is 29.2. The van der Waals surface area contributed by atoms with Crippen LogP contribution in [0.15, 0.2) is 0 Å². The second-order valence-electron chi connectivity index (χ2n) is 10.9. The first kappa shape index (κ1) is 34.6. The zero-order chi connectivity index (χ0) is 27.6. The first-order valence-electron chi connectivity index (χ1n) is 14.0. The predicted octanol–water partition coefficient (Wildman–Crippen LogP) is 5.77. The minimum Gasteiger partial charge on any atom is -0.413 e. The average molecular weight is 585 g/mol. The van der Waals surface area contributed by atoms with Gasteiger partial charge in [-0.1, -0.05) is 27.7 Å². The molecule has 12 heteroatoms. The van der Waals surface area contributed by atoms with Gasteiger partial charge in [-0.3, -0.25) is 0 Å². The molecule has 0 N–H and O–H groups in total. The minimum absolute atomic E-state index is 0.0677. The molecule has 1 aliphatic rings. The summed E-state index contributed by atoms with van der Waals surface area (Å²) >= 11 is 0. The lowest BCUT2D eigenvalue weighted by molar-refractivity contribution is 0.0486. The highest BCUT2D eigenvalue weighted by molar-refractivity contribution is 6.95. The Kier molecular flexibility index (Phi) is 14.8. The summed E-state index contributed by atoms with van der Waals surface area (Å²) in [6.07, 6.45) is 2.01. The van der Waals surface area contributed by atoms with Gasteiger partial charge >= 0.3 is 34.2 Å². The second kappa shape index (κ2) is 15.4. The van der Waals surface area contributed by atoms with Crippen molar-refractivity contribution >= 4 is 34.2 Å². The third-order valence-corrected chi connectivity index (χ3v) is 24.8. The van der Waals surface area contributed by atoms with E-state index in [1.807, 2.05) is 55.4 Å². The van der Waals surface area contributed by atoms with Crippen molar-refractivity contribution in [2.75, 3.05) is 24.9 Å². The fraction of sp³-hybridized carbons (Fsp3) is 1.00. The molecule has 0 amide bonds. The maximum atomic E-state index is 7.26. The van der Waals surface area contributed by atoms with E-state index < -0.39 is 34.2 Å². The first-order chi connectivity index (χ1) is 16.7. The predicted molar refractivity (Wildman–Crippen MR) is 154 cm³/mol. The summed E-state index contributed by atoms with van der Waals surface area (Å²) in [5, 5.41) is 0. The van der Waals surface area contributed by atoms with Crippen LogP contribution in [-0.4, -0.2) is 83.6 Å². The Labute approximate surface area is 226 Å². The maximum absolute atomic E-state index is 7.26. The van der Waals surface area contributed by atoms with E-state index in [2.05, 4.69) is 27.7 Å². The van der Waals surface area contributed by atoms with Gasteiger partial charge in [0, 0.05) is 0 Å². The number of rotatable bonds is 16. The zero-order valence-electron chi connectivity index (χ0n) is 25.2. The summed E-state index contributed by atoms with van der Waals surface area (Å²) in [6.45, 7) is 24.9. The molecule has 0 aromatic heterocycles. The molecule has 0 bridgehead atoms. The van der Waals surface area contributed by atoms with Crippen LogP contribution in [0.25, 0.3) is 0 Å². The molecule has 0 unspecified atom stereocenters. The molecule has 1 saturated heterocycles. The molecule has 0 radical (unpaired) electrons. The van der Waals surface area contributed by atoms with Gasteiger partial charge in [0.1, 0.15) is 0 Å². The summed E-state index contributed by atoms with van der Waals surface area (Å²) in [6, 6.07) is 2.95. The fourth-order valence-corrected chi connectivity index (χ4v) is 26.5. The highest BCUT2D eigenvalue weighted by Gasteiger charge is 2.62. The lowest BCUT2D eigenvalue weighted by atomic mass is 10.5. The SMILES string of the molecule is CC[Si]1(COC(C)C)O[Si](CC)(COC(C)C)O[Si](CC)(COC(C)C)O[Si](CC)(COC(C)C)O1. The van der Waals surface area contributed by atoms with Gasteiger partial charge in [0.15, 0.2) is 0 Å². The van der Waals surface area contributed by atoms with E-state index in [4.69, 9.17) is 35.4 Å². The smallest absolute Gasteiger partial charge is 0.347 e. The van der Waals surface area contributed by atoms with Crippen molar-refractivity contribution in [2.24, 2.45) is 0 Å². The Hall–Kier alpha value is 0.548. The Morgan fingerprint density at radius 2 is 0.556 bits per heavy atom. The van der Waals surface area contributed by atoms with Crippen LogP contribution in [0.2, 0.25) is 24.2 Å². The molecule has 1 fully saturated rings. The van der Waals surface area contributed by atoms with Gasteiger partial charge in [-0.15, -0.1) is 0 Å². The monoisotopic (exact) mass is 584 g/mol. The molecule has 1 heterocycles. The van der Waals surface area contributed by atoms with Crippen LogP contribution in [-0.2, 0) is 35.4 Å². The molecular formula is C24H56O8Si4. The van der Waals surface area contributed by atoms with Gasteiger partial charge in [0.05, 0.1) is 49.3 Å². The highest BCUT2D eigenvalue weighted by atomic mass is 28.5. The lowest BCUT2D eigenvalue weighted by Gasteiger charge is -2.52. The highest BCUT2D eigenvalue weighted by Crippen LogP contribution is 2.38. The van der Waals surface area contributed by atoms with Gasteiger partial charge in [0.25, 0.3) is 0 Å². The summed E-state index contributed by atoms with van der Waals surface area (Å²) in [7, 11) is -11.6. The van der Waals surface area contributed by atoms with E-state index in [1.54, 1.807) is 0 Å². The van der Waals surface area contributed by atoms with E-state index in [-0.39, 0.29) is 24.4 Å². The van der Waals surface area contributed by atoms with E-state index in [0.717, 1.165) is 24.2 Å². The second-order valence-corrected chi connectivity index (χ2v) is 25.4. The van der Waals surface area contributed by atoms with Crippen LogP contribution in [0.5, 0.6) is 0 Å². The molecule has 36 heavy (non-hydrogen) atoms. The summed E-state index contributed by atoms with van der Waals surface area (Å²) in [5.74, 6) is 0. The van der Waals surface area contributed by atoms with Crippen molar-refractivity contribution in [2.45, 2.75) is 132 Å². The van der Waals surface area contributed by atoms with Gasteiger partial charge in [0.2, 0.25) is 0 Å². The molecule has 0 aliphatic carbocycles. The normalized spacial score (nSPS) is 32.0. The van der Waals surface area contributed by atoms with E-state index in [0.29, 0.717) is 24.9 Å². The third kappa shape index (κ3) is 10.6. The van der Waals surface area contributed by atoms with Crippen molar-refractivity contribution in [3.8, 4) is 0 Å². The van der Waals surface area contributed by atoms with Crippen molar-refractivity contribution in [3.05, 3.63) is 0 Å². The van der Waals surface area contributed by atoms with Crippen LogP contribution in [0.1, 0.15) is 83.1 Å². The van der Waals surface area contributed by atoms with E-state index in [9.17, 15) is 0 Å². The van der Waals surface area contributed by atoms with Crippen LogP contribution in [0.3, 0.4) is 0 Å². The van der Waals surface area contributed by atoms with Gasteiger partial charge < -0.3 is 35.4 Å². The average Bonchev–Trinajstić information content (AvgIpc) is 2.81. The molecule has 1 aliphatic heterocycles. The molecule has 8 nitrogen and oxygen atoms in total. The Bertz CT molecular complexity index is 509. The quantitative estimate of drug-likeness (QED) is 0.212. The summed E-state index contributed by atoms with van der Waals surface area (Å²) in [5.41, 5.74) is 0. The fourth-order valence-electron chi connectivity index (χ4n) is 3.84. The van der Waals surface area contributed by atoms with Crippen molar-refractivity contribution in [1.82, 2.24) is 0 Å². The van der Waals surface area contributed by atoms with Crippen LogP contribution < -0.4 is 0 Å². The number of hydrogen-bond donors (Lipinski definition) is 0. The van der Waals surface area contributed by atoms with Crippen molar-refractivity contribution in [3.63, 3.8) is 0 Å². The number of hydrogen-bond acceptors (Lipinski definition) is 8. The largest absolute Gasteiger partial charge is 0.413 e. The van der Waals surface area contributed by atoms with Crippen molar-refractivity contribution in [1.29, 1.82) is 0 Å².